The van der Waals surface area contributed by atoms with Gasteiger partial charge >= 0.3 is 0 Å². The number of hydrogen-bond acceptors (Lipinski definition) is 2. The van der Waals surface area contributed by atoms with Crippen LogP contribution in [-0.2, 0) is 10.8 Å². The van der Waals surface area contributed by atoms with Crippen LogP contribution in [0.5, 0.6) is 11.5 Å². The van der Waals surface area contributed by atoms with Gasteiger partial charge in [0.2, 0.25) is 0 Å². The summed E-state index contributed by atoms with van der Waals surface area (Å²) in [7, 11) is -1.33. The Kier molecular flexibility index (Phi) is 6.60. The van der Waals surface area contributed by atoms with E-state index in [1.165, 1.54) is 18.1 Å². The van der Waals surface area contributed by atoms with Gasteiger partial charge in [-0.3, -0.25) is 0 Å². The highest BCUT2D eigenvalue weighted by Gasteiger charge is 2.30. The van der Waals surface area contributed by atoms with E-state index in [0.29, 0.717) is 5.75 Å². The summed E-state index contributed by atoms with van der Waals surface area (Å²) in [4.78, 5) is 0. The van der Waals surface area contributed by atoms with Crippen LogP contribution >= 0.6 is 0 Å². The first-order chi connectivity index (χ1) is 10.9. The van der Waals surface area contributed by atoms with E-state index in [-0.39, 0.29) is 10.8 Å². The van der Waals surface area contributed by atoms with E-state index in [1.54, 1.807) is 0 Å². The molecule has 0 saturated heterocycles. The maximum absolute atomic E-state index is 10.8. The summed E-state index contributed by atoms with van der Waals surface area (Å²) >= 11 is 0. The number of benzene rings is 1. The second kappa shape index (κ2) is 7.51. The maximum atomic E-state index is 10.8. The van der Waals surface area contributed by atoms with Gasteiger partial charge in [-0.1, -0.05) is 80.4 Å². The molecule has 24 heavy (non-hydrogen) atoms. The lowest BCUT2D eigenvalue weighted by Gasteiger charge is -2.30. The molecule has 1 rings (SSSR count). The lowest BCUT2D eigenvalue weighted by atomic mass is 9.79. The van der Waals surface area contributed by atoms with Crippen LogP contribution in [0.2, 0.25) is 18.1 Å². The van der Waals surface area contributed by atoms with Gasteiger partial charge in [0.15, 0.2) is 0 Å². The zero-order valence-electron chi connectivity index (χ0n) is 17.3. The molecule has 0 saturated carbocycles. The highest BCUT2D eigenvalue weighted by Crippen LogP contribution is 2.41. The number of aromatic hydroxyl groups is 1. The van der Waals surface area contributed by atoms with Crippen molar-refractivity contribution in [2.75, 3.05) is 6.23 Å². The molecule has 0 amide bonds. The van der Waals surface area contributed by atoms with Crippen LogP contribution in [0.15, 0.2) is 12.1 Å². The number of rotatable bonds is 6. The van der Waals surface area contributed by atoms with Gasteiger partial charge in [0.05, 0.1) is 14.3 Å². The van der Waals surface area contributed by atoms with Crippen molar-refractivity contribution in [3.05, 3.63) is 23.3 Å². The molecular weight excluding hydrogens is 312 g/mol. The second-order valence-corrected chi connectivity index (χ2v) is 14.6. The van der Waals surface area contributed by atoms with Gasteiger partial charge in [0.25, 0.3) is 0 Å². The largest absolute Gasteiger partial charge is 0.507 e. The fourth-order valence-corrected chi connectivity index (χ4v) is 5.71. The molecule has 0 aliphatic carbocycles. The van der Waals surface area contributed by atoms with Crippen LogP contribution < -0.4 is 4.74 Å². The Morgan fingerprint density at radius 1 is 0.833 bits per heavy atom. The summed E-state index contributed by atoms with van der Waals surface area (Å²) in [6.45, 7) is 19.8. The smallest absolute Gasteiger partial charge is 0.123 e. The molecule has 0 fully saturated rings. The topological polar surface area (TPSA) is 29.5 Å². The van der Waals surface area contributed by atoms with Crippen LogP contribution in [0.25, 0.3) is 0 Å². The quantitative estimate of drug-likeness (QED) is 0.600. The van der Waals surface area contributed by atoms with Crippen molar-refractivity contribution >= 4 is 8.07 Å². The summed E-state index contributed by atoms with van der Waals surface area (Å²) in [5.41, 5.74) is 1.72. The minimum atomic E-state index is -1.33. The Labute approximate surface area is 150 Å². The first-order valence-corrected chi connectivity index (χ1v) is 12.2. The summed E-state index contributed by atoms with van der Waals surface area (Å²) < 4.78 is 6.32. The van der Waals surface area contributed by atoms with Gasteiger partial charge in [-0.2, -0.15) is 0 Å². The van der Waals surface area contributed by atoms with Gasteiger partial charge in [-0.25, -0.2) is 0 Å². The van der Waals surface area contributed by atoms with E-state index in [0.717, 1.165) is 23.1 Å². The molecule has 1 N–H and O–H groups in total. The van der Waals surface area contributed by atoms with Crippen molar-refractivity contribution in [2.45, 2.75) is 91.3 Å². The average molecular weight is 351 g/mol. The zero-order valence-corrected chi connectivity index (χ0v) is 18.3. The van der Waals surface area contributed by atoms with Crippen molar-refractivity contribution < 1.29 is 9.84 Å². The SMILES string of the molecule is CC[Si](CC)(CC)COc1cc(C(C)(C)C)c(O)c(C(C)(C)C)c1. The molecule has 1 aromatic carbocycles. The molecule has 0 aromatic heterocycles. The fourth-order valence-electron chi connectivity index (χ4n) is 3.13. The molecule has 3 heteroatoms. The highest BCUT2D eigenvalue weighted by atomic mass is 28.3. The molecule has 0 aliphatic rings. The van der Waals surface area contributed by atoms with E-state index in [4.69, 9.17) is 4.74 Å². The molecule has 0 unspecified atom stereocenters. The molecule has 0 heterocycles. The van der Waals surface area contributed by atoms with Crippen molar-refractivity contribution in [3.8, 4) is 11.5 Å². The number of hydrogen-bond donors (Lipinski definition) is 1. The van der Waals surface area contributed by atoms with E-state index >= 15 is 0 Å². The van der Waals surface area contributed by atoms with Crippen molar-refractivity contribution in [2.24, 2.45) is 0 Å². The van der Waals surface area contributed by atoms with Crippen LogP contribution in [-0.4, -0.2) is 19.4 Å². The number of phenols is 1. The minimum absolute atomic E-state index is 0.113. The van der Waals surface area contributed by atoms with Crippen LogP contribution in [0.1, 0.15) is 73.4 Å². The minimum Gasteiger partial charge on any atom is -0.507 e. The zero-order chi connectivity index (χ0) is 18.8. The first kappa shape index (κ1) is 21.1. The Morgan fingerprint density at radius 3 is 1.50 bits per heavy atom. The summed E-state index contributed by atoms with van der Waals surface area (Å²) in [5, 5.41) is 10.8. The van der Waals surface area contributed by atoms with Gasteiger partial charge in [-0.15, -0.1) is 0 Å². The monoisotopic (exact) mass is 350 g/mol. The average Bonchev–Trinajstić information content (AvgIpc) is 2.48. The molecule has 1 aromatic rings. The molecule has 0 aliphatic heterocycles. The van der Waals surface area contributed by atoms with Gasteiger partial charge < -0.3 is 9.84 Å². The van der Waals surface area contributed by atoms with Crippen molar-refractivity contribution in [1.29, 1.82) is 0 Å². The van der Waals surface area contributed by atoms with Crippen molar-refractivity contribution in [3.63, 3.8) is 0 Å². The van der Waals surface area contributed by atoms with Crippen LogP contribution in [0, 0.1) is 0 Å². The lowest BCUT2D eigenvalue weighted by molar-refractivity contribution is 0.366. The third-order valence-corrected chi connectivity index (χ3v) is 10.8. The molecule has 0 radical (unpaired) electrons. The summed E-state index contributed by atoms with van der Waals surface area (Å²) in [6.07, 6.45) is 0.869. The summed E-state index contributed by atoms with van der Waals surface area (Å²) in [6, 6.07) is 7.87. The number of phenolic OH excluding ortho intramolecular Hbond substituents is 1. The molecule has 2 nitrogen and oxygen atoms in total. The van der Waals surface area contributed by atoms with E-state index in [2.05, 4.69) is 62.3 Å². The Morgan fingerprint density at radius 2 is 1.21 bits per heavy atom. The van der Waals surface area contributed by atoms with Gasteiger partial charge in [0, 0.05) is 11.1 Å². The van der Waals surface area contributed by atoms with Crippen LogP contribution in [0.4, 0.5) is 0 Å². The van der Waals surface area contributed by atoms with E-state index in [1.807, 2.05) is 12.1 Å². The molecular formula is C21H38O2Si. The molecule has 0 atom stereocenters. The van der Waals surface area contributed by atoms with E-state index < -0.39 is 8.07 Å². The maximum Gasteiger partial charge on any atom is 0.123 e. The Hall–Kier alpha value is -0.963. The third-order valence-electron chi connectivity index (χ3n) is 5.49. The standard InChI is InChI=1S/C21H38O2Si/c1-10-24(11-2,12-3)15-23-16-13-17(20(4,5)6)19(22)18(14-16)21(7,8)9/h13-14,22H,10-12,15H2,1-9H3. The Bertz CT molecular complexity index is 503. The summed E-state index contributed by atoms with van der Waals surface area (Å²) in [5.74, 6) is 1.34. The van der Waals surface area contributed by atoms with Crippen LogP contribution in [0.3, 0.4) is 0 Å². The first-order valence-electron chi connectivity index (χ1n) is 9.41. The van der Waals surface area contributed by atoms with Crippen molar-refractivity contribution in [1.82, 2.24) is 0 Å². The number of ether oxygens (including phenoxy) is 1. The fraction of sp³-hybridized carbons (Fsp3) is 0.714. The normalized spacial score (nSPS) is 13.2. The Balaban J connectivity index is 3.30. The third kappa shape index (κ3) is 4.78. The van der Waals surface area contributed by atoms with Gasteiger partial charge in [-0.05, 0) is 23.0 Å². The molecule has 0 bridgehead atoms. The molecule has 138 valence electrons. The lowest BCUT2D eigenvalue weighted by Crippen LogP contribution is -2.39. The predicted octanol–water partition coefficient (Wildman–Crippen LogP) is 6.41. The second-order valence-electron chi connectivity index (χ2n) is 9.22. The van der Waals surface area contributed by atoms with E-state index in [9.17, 15) is 5.11 Å². The predicted molar refractivity (Wildman–Crippen MR) is 108 cm³/mol. The molecule has 0 spiro atoms. The van der Waals surface area contributed by atoms with Gasteiger partial charge in [0.1, 0.15) is 11.5 Å². The highest BCUT2D eigenvalue weighted by molar-refractivity contribution is 6.79.